The van der Waals surface area contributed by atoms with Crippen LogP contribution in [-0.4, -0.2) is 30.5 Å². The van der Waals surface area contributed by atoms with Gasteiger partial charge in [-0.25, -0.2) is 9.79 Å². The SMILES string of the molecule is C=CCOc1cccc(/C=C2\N=C(c3ccc(OC)c([N+](=O)[O-])c3)OC2=O)c1. The van der Waals surface area contributed by atoms with Crippen LogP contribution in [0.25, 0.3) is 6.08 Å². The van der Waals surface area contributed by atoms with E-state index < -0.39 is 10.9 Å². The van der Waals surface area contributed by atoms with Crippen LogP contribution in [0.2, 0.25) is 0 Å². The topological polar surface area (TPSA) is 100 Å². The quantitative estimate of drug-likeness (QED) is 0.240. The zero-order chi connectivity index (χ0) is 20.1. The van der Waals surface area contributed by atoms with E-state index in [1.165, 1.54) is 25.3 Å². The molecule has 8 nitrogen and oxygen atoms in total. The molecule has 2 aromatic carbocycles. The number of cyclic esters (lactones) is 1. The number of hydrogen-bond donors (Lipinski definition) is 0. The lowest BCUT2D eigenvalue weighted by Gasteiger charge is -2.03. The molecule has 3 rings (SSSR count). The van der Waals surface area contributed by atoms with E-state index in [1.54, 1.807) is 36.4 Å². The molecule has 0 spiro atoms. The van der Waals surface area contributed by atoms with Gasteiger partial charge in [0.25, 0.3) is 0 Å². The third-order valence-corrected chi connectivity index (χ3v) is 3.77. The summed E-state index contributed by atoms with van der Waals surface area (Å²) in [6.07, 6.45) is 3.18. The normalized spacial score (nSPS) is 14.4. The van der Waals surface area contributed by atoms with Crippen molar-refractivity contribution in [2.45, 2.75) is 0 Å². The number of esters is 1. The summed E-state index contributed by atoms with van der Waals surface area (Å²) in [5.41, 5.74) is 0.823. The predicted molar refractivity (Wildman–Crippen MR) is 102 cm³/mol. The van der Waals surface area contributed by atoms with E-state index in [4.69, 9.17) is 14.2 Å². The van der Waals surface area contributed by atoms with Crippen LogP contribution >= 0.6 is 0 Å². The third kappa shape index (κ3) is 4.07. The first-order valence-electron chi connectivity index (χ1n) is 8.21. The Kier molecular flexibility index (Phi) is 5.50. The minimum absolute atomic E-state index is 0.0129. The van der Waals surface area contributed by atoms with Crippen molar-refractivity contribution >= 4 is 23.6 Å². The van der Waals surface area contributed by atoms with Gasteiger partial charge in [-0.2, -0.15) is 0 Å². The molecule has 0 amide bonds. The molecule has 0 saturated carbocycles. The summed E-state index contributed by atoms with van der Waals surface area (Å²) in [6, 6.07) is 11.3. The fourth-order valence-corrected chi connectivity index (χ4v) is 2.51. The van der Waals surface area contributed by atoms with E-state index >= 15 is 0 Å². The molecule has 0 N–H and O–H groups in total. The first-order valence-corrected chi connectivity index (χ1v) is 8.21. The van der Waals surface area contributed by atoms with Gasteiger partial charge < -0.3 is 14.2 Å². The lowest BCUT2D eigenvalue weighted by Crippen LogP contribution is -2.06. The number of ether oxygens (including phenoxy) is 3. The number of nitro benzene ring substituents is 1. The maximum atomic E-state index is 12.2. The van der Waals surface area contributed by atoms with Crippen LogP contribution in [0.15, 0.2) is 65.8 Å². The van der Waals surface area contributed by atoms with E-state index in [0.717, 1.165) is 0 Å². The second kappa shape index (κ2) is 8.17. The highest BCUT2D eigenvalue weighted by Gasteiger charge is 2.26. The Morgan fingerprint density at radius 2 is 2.11 bits per heavy atom. The van der Waals surface area contributed by atoms with E-state index in [2.05, 4.69) is 11.6 Å². The molecule has 0 aliphatic carbocycles. The van der Waals surface area contributed by atoms with E-state index in [-0.39, 0.29) is 23.0 Å². The maximum absolute atomic E-state index is 12.2. The number of hydrogen-bond acceptors (Lipinski definition) is 7. The molecule has 8 heteroatoms. The van der Waals surface area contributed by atoms with Crippen molar-refractivity contribution in [3.05, 3.63) is 82.1 Å². The average molecular weight is 380 g/mol. The van der Waals surface area contributed by atoms with Gasteiger partial charge in [-0.15, -0.1) is 0 Å². The van der Waals surface area contributed by atoms with Crippen LogP contribution in [-0.2, 0) is 9.53 Å². The molecule has 1 heterocycles. The third-order valence-electron chi connectivity index (χ3n) is 3.77. The van der Waals surface area contributed by atoms with Crippen molar-refractivity contribution in [1.82, 2.24) is 0 Å². The number of benzene rings is 2. The molecule has 0 aromatic heterocycles. The number of methoxy groups -OCH3 is 1. The van der Waals surface area contributed by atoms with Gasteiger partial charge in [0.15, 0.2) is 11.4 Å². The summed E-state index contributed by atoms with van der Waals surface area (Å²) in [6.45, 7) is 3.95. The molecule has 0 atom stereocenters. The number of nitrogens with zero attached hydrogens (tertiary/aromatic N) is 2. The maximum Gasteiger partial charge on any atom is 0.363 e. The van der Waals surface area contributed by atoms with E-state index in [9.17, 15) is 14.9 Å². The standard InChI is InChI=1S/C20H16N2O6/c1-3-9-27-15-6-4-5-13(10-15)11-16-20(23)28-19(21-16)14-7-8-18(26-2)17(12-14)22(24)25/h3-8,10-12H,1,9H2,2H3/b16-11-. The van der Waals surface area contributed by atoms with Crippen LogP contribution in [0.1, 0.15) is 11.1 Å². The Bertz CT molecular complexity index is 1010. The van der Waals surface area contributed by atoms with Crippen molar-refractivity contribution in [2.75, 3.05) is 13.7 Å². The van der Waals surface area contributed by atoms with E-state index in [1.807, 2.05) is 0 Å². The molecule has 0 fully saturated rings. The highest BCUT2D eigenvalue weighted by molar-refractivity contribution is 6.13. The highest BCUT2D eigenvalue weighted by Crippen LogP contribution is 2.29. The first kappa shape index (κ1) is 18.8. The van der Waals surface area contributed by atoms with Gasteiger partial charge in [0.1, 0.15) is 12.4 Å². The van der Waals surface area contributed by atoms with Crippen LogP contribution in [0.5, 0.6) is 11.5 Å². The zero-order valence-electron chi connectivity index (χ0n) is 15.0. The molecular weight excluding hydrogens is 364 g/mol. The summed E-state index contributed by atoms with van der Waals surface area (Å²) in [5, 5.41) is 11.2. The van der Waals surface area contributed by atoms with Gasteiger partial charge in [0, 0.05) is 11.6 Å². The molecule has 1 aliphatic rings. The smallest absolute Gasteiger partial charge is 0.363 e. The monoisotopic (exact) mass is 380 g/mol. The fourth-order valence-electron chi connectivity index (χ4n) is 2.51. The van der Waals surface area contributed by atoms with Crippen molar-refractivity contribution in [2.24, 2.45) is 4.99 Å². The number of nitro groups is 1. The summed E-state index contributed by atoms with van der Waals surface area (Å²) < 4.78 is 15.6. The molecule has 0 radical (unpaired) electrons. The Morgan fingerprint density at radius 1 is 1.29 bits per heavy atom. The van der Waals surface area contributed by atoms with Crippen molar-refractivity contribution in [1.29, 1.82) is 0 Å². The molecule has 0 saturated heterocycles. The Morgan fingerprint density at radius 3 is 2.82 bits per heavy atom. The molecule has 142 valence electrons. The van der Waals surface area contributed by atoms with Crippen LogP contribution in [0.4, 0.5) is 5.69 Å². The Balaban J connectivity index is 1.91. The highest BCUT2D eigenvalue weighted by atomic mass is 16.6. The molecular formula is C20H16N2O6. The summed E-state index contributed by atoms with van der Waals surface area (Å²) >= 11 is 0. The summed E-state index contributed by atoms with van der Waals surface area (Å²) in [5.74, 6) is 0.0633. The number of carbonyl (C=O) groups is 1. The molecule has 0 bridgehead atoms. The fraction of sp³-hybridized carbons (Fsp3) is 0.100. The largest absolute Gasteiger partial charge is 0.490 e. The van der Waals surface area contributed by atoms with Gasteiger partial charge in [0.2, 0.25) is 5.90 Å². The number of carbonyl (C=O) groups excluding carboxylic acids is 1. The average Bonchev–Trinajstić information content (AvgIpc) is 3.06. The molecule has 2 aromatic rings. The number of aliphatic imine (C=N–C) groups is 1. The van der Waals surface area contributed by atoms with Gasteiger partial charge in [-0.1, -0.05) is 24.8 Å². The predicted octanol–water partition coefficient (Wildman–Crippen LogP) is 3.51. The first-order chi connectivity index (χ1) is 13.5. The second-order valence-corrected chi connectivity index (χ2v) is 5.65. The molecule has 0 unspecified atom stereocenters. The molecule has 28 heavy (non-hydrogen) atoms. The second-order valence-electron chi connectivity index (χ2n) is 5.65. The van der Waals surface area contributed by atoms with Gasteiger partial charge in [0.05, 0.1) is 12.0 Å². The minimum atomic E-state index is -0.647. The van der Waals surface area contributed by atoms with Crippen molar-refractivity contribution in [3.8, 4) is 11.5 Å². The lowest BCUT2D eigenvalue weighted by atomic mass is 10.2. The summed E-state index contributed by atoms with van der Waals surface area (Å²) in [4.78, 5) is 26.9. The summed E-state index contributed by atoms with van der Waals surface area (Å²) in [7, 11) is 1.34. The number of rotatable bonds is 7. The Labute approximate surface area is 160 Å². The van der Waals surface area contributed by atoms with Crippen LogP contribution in [0, 0.1) is 10.1 Å². The molecule has 1 aliphatic heterocycles. The van der Waals surface area contributed by atoms with Gasteiger partial charge >= 0.3 is 11.7 Å². The van der Waals surface area contributed by atoms with Crippen LogP contribution < -0.4 is 9.47 Å². The van der Waals surface area contributed by atoms with E-state index in [0.29, 0.717) is 23.5 Å². The minimum Gasteiger partial charge on any atom is -0.490 e. The van der Waals surface area contributed by atoms with Gasteiger partial charge in [-0.3, -0.25) is 10.1 Å². The Hall–Kier alpha value is -3.94. The van der Waals surface area contributed by atoms with Crippen LogP contribution in [0.3, 0.4) is 0 Å². The zero-order valence-corrected chi connectivity index (χ0v) is 15.0. The van der Waals surface area contributed by atoms with Crippen molar-refractivity contribution in [3.63, 3.8) is 0 Å². The van der Waals surface area contributed by atoms with Crippen molar-refractivity contribution < 1.29 is 23.9 Å². The lowest BCUT2D eigenvalue weighted by molar-refractivity contribution is -0.385. The van der Waals surface area contributed by atoms with Gasteiger partial charge in [-0.05, 0) is 35.9 Å².